The van der Waals surface area contributed by atoms with Crippen molar-refractivity contribution in [2.24, 2.45) is 0 Å². The van der Waals surface area contributed by atoms with Gasteiger partial charge in [-0.15, -0.1) is 0 Å². The van der Waals surface area contributed by atoms with Crippen LogP contribution in [-0.2, 0) is 13.1 Å². The second kappa shape index (κ2) is 6.90. The van der Waals surface area contributed by atoms with E-state index in [1.54, 1.807) is 0 Å². The normalized spacial score (nSPS) is 10.4. The van der Waals surface area contributed by atoms with Crippen LogP contribution in [0.1, 0.15) is 18.3 Å². The van der Waals surface area contributed by atoms with Gasteiger partial charge in [0.05, 0.1) is 17.9 Å². The fourth-order valence-electron chi connectivity index (χ4n) is 1.99. The summed E-state index contributed by atoms with van der Waals surface area (Å²) < 4.78 is 0. The number of nitrogens with zero attached hydrogens (tertiary/aromatic N) is 2. The second-order valence-electron chi connectivity index (χ2n) is 4.59. The van der Waals surface area contributed by atoms with E-state index in [-0.39, 0.29) is 0 Å². The lowest BCUT2D eigenvalue weighted by Gasteiger charge is -2.19. The Labute approximate surface area is 115 Å². The van der Waals surface area contributed by atoms with Crippen molar-refractivity contribution in [1.29, 1.82) is 0 Å². The van der Waals surface area contributed by atoms with Gasteiger partial charge in [0.2, 0.25) is 0 Å². The Morgan fingerprint density at radius 2 is 1.74 bits per heavy atom. The van der Waals surface area contributed by atoms with Gasteiger partial charge < -0.3 is 10.2 Å². The van der Waals surface area contributed by atoms with Gasteiger partial charge in [0, 0.05) is 19.3 Å². The monoisotopic (exact) mass is 255 g/mol. The minimum absolute atomic E-state index is 0.823. The zero-order chi connectivity index (χ0) is 13.5. The zero-order valence-corrected chi connectivity index (χ0v) is 11.6. The second-order valence-corrected chi connectivity index (χ2v) is 4.59. The highest BCUT2D eigenvalue weighted by Gasteiger charge is 2.03. The first kappa shape index (κ1) is 13.6. The molecule has 0 aliphatic carbocycles. The summed E-state index contributed by atoms with van der Waals surface area (Å²) in [6, 6.07) is 16.6. The molecule has 1 aromatic carbocycles. The SMILES string of the molecule is CCNCc1cccc(CN(C)c2ccccc2)n1. The van der Waals surface area contributed by atoms with E-state index in [2.05, 4.69) is 71.6 Å². The molecule has 0 saturated heterocycles. The molecule has 0 unspecified atom stereocenters. The lowest BCUT2D eigenvalue weighted by atomic mass is 10.2. The topological polar surface area (TPSA) is 28.2 Å². The van der Waals surface area contributed by atoms with Crippen molar-refractivity contribution in [3.8, 4) is 0 Å². The number of aromatic nitrogens is 1. The van der Waals surface area contributed by atoms with Gasteiger partial charge in [-0.2, -0.15) is 0 Å². The van der Waals surface area contributed by atoms with Crippen molar-refractivity contribution >= 4 is 5.69 Å². The van der Waals surface area contributed by atoms with Crippen LogP contribution >= 0.6 is 0 Å². The molecular formula is C16H21N3. The summed E-state index contributed by atoms with van der Waals surface area (Å²) in [6.07, 6.45) is 0. The maximum Gasteiger partial charge on any atom is 0.0600 e. The molecule has 1 aromatic heterocycles. The summed E-state index contributed by atoms with van der Waals surface area (Å²) in [7, 11) is 2.09. The van der Waals surface area contributed by atoms with E-state index in [1.165, 1.54) is 5.69 Å². The maximum atomic E-state index is 4.67. The van der Waals surface area contributed by atoms with Crippen LogP contribution in [0.25, 0.3) is 0 Å². The van der Waals surface area contributed by atoms with Crippen molar-refractivity contribution in [2.45, 2.75) is 20.0 Å². The number of rotatable bonds is 6. The molecule has 1 N–H and O–H groups in total. The Bertz CT molecular complexity index is 496. The van der Waals surface area contributed by atoms with E-state index in [9.17, 15) is 0 Å². The third kappa shape index (κ3) is 4.07. The van der Waals surface area contributed by atoms with Crippen molar-refractivity contribution in [3.05, 3.63) is 59.9 Å². The Kier molecular flexibility index (Phi) is 4.93. The van der Waals surface area contributed by atoms with E-state index in [0.29, 0.717) is 0 Å². The molecule has 2 aromatic rings. The molecule has 1 heterocycles. The molecule has 0 aliphatic heterocycles. The predicted molar refractivity (Wildman–Crippen MR) is 80.2 cm³/mol. The Hall–Kier alpha value is -1.87. The lowest BCUT2D eigenvalue weighted by Crippen LogP contribution is -2.18. The van der Waals surface area contributed by atoms with Crippen molar-refractivity contribution in [3.63, 3.8) is 0 Å². The number of nitrogens with one attached hydrogen (secondary N) is 1. The molecule has 0 spiro atoms. The van der Waals surface area contributed by atoms with E-state index in [4.69, 9.17) is 0 Å². The first-order valence-electron chi connectivity index (χ1n) is 6.71. The largest absolute Gasteiger partial charge is 0.369 e. The highest BCUT2D eigenvalue weighted by molar-refractivity contribution is 5.45. The number of hydrogen-bond acceptors (Lipinski definition) is 3. The molecule has 0 radical (unpaired) electrons. The van der Waals surface area contributed by atoms with Crippen LogP contribution in [0.3, 0.4) is 0 Å². The van der Waals surface area contributed by atoms with E-state index in [1.807, 2.05) is 6.07 Å². The van der Waals surface area contributed by atoms with Crippen LogP contribution in [0.4, 0.5) is 5.69 Å². The molecule has 0 atom stereocenters. The van der Waals surface area contributed by atoms with Crippen molar-refractivity contribution < 1.29 is 0 Å². The van der Waals surface area contributed by atoms with Crippen LogP contribution in [0.2, 0.25) is 0 Å². The summed E-state index contributed by atoms with van der Waals surface area (Å²) in [4.78, 5) is 6.88. The van der Waals surface area contributed by atoms with Gasteiger partial charge in [-0.05, 0) is 30.8 Å². The summed E-state index contributed by atoms with van der Waals surface area (Å²) >= 11 is 0. The summed E-state index contributed by atoms with van der Waals surface area (Å²) in [5.41, 5.74) is 3.41. The minimum Gasteiger partial charge on any atom is -0.369 e. The van der Waals surface area contributed by atoms with Crippen LogP contribution in [-0.4, -0.2) is 18.6 Å². The van der Waals surface area contributed by atoms with Gasteiger partial charge in [-0.1, -0.05) is 31.2 Å². The molecule has 0 aliphatic rings. The van der Waals surface area contributed by atoms with Gasteiger partial charge in [0.1, 0.15) is 0 Å². The average Bonchev–Trinajstić information content (AvgIpc) is 2.46. The van der Waals surface area contributed by atoms with Crippen LogP contribution in [0.5, 0.6) is 0 Å². The highest BCUT2D eigenvalue weighted by atomic mass is 15.1. The van der Waals surface area contributed by atoms with Gasteiger partial charge in [-0.25, -0.2) is 0 Å². The summed E-state index contributed by atoms with van der Waals surface area (Å²) in [6.45, 7) is 4.73. The quantitative estimate of drug-likeness (QED) is 0.860. The van der Waals surface area contributed by atoms with E-state index >= 15 is 0 Å². The molecule has 0 saturated carbocycles. The molecule has 3 nitrogen and oxygen atoms in total. The smallest absolute Gasteiger partial charge is 0.0600 e. The van der Waals surface area contributed by atoms with Gasteiger partial charge in [-0.3, -0.25) is 4.98 Å². The standard InChI is InChI=1S/C16H21N3/c1-3-17-12-14-8-7-9-15(18-14)13-19(2)16-10-5-4-6-11-16/h4-11,17H,3,12-13H2,1-2H3. The number of para-hydroxylation sites is 1. The molecule has 0 bridgehead atoms. The third-order valence-corrected chi connectivity index (χ3v) is 3.02. The Morgan fingerprint density at radius 3 is 2.47 bits per heavy atom. The van der Waals surface area contributed by atoms with E-state index in [0.717, 1.165) is 31.0 Å². The molecule has 19 heavy (non-hydrogen) atoms. The fraction of sp³-hybridized carbons (Fsp3) is 0.312. The number of benzene rings is 1. The Balaban J connectivity index is 2.02. The van der Waals surface area contributed by atoms with E-state index < -0.39 is 0 Å². The highest BCUT2D eigenvalue weighted by Crippen LogP contribution is 2.13. The Morgan fingerprint density at radius 1 is 1.00 bits per heavy atom. The maximum absolute atomic E-state index is 4.67. The molecule has 3 heteroatoms. The number of pyridine rings is 1. The average molecular weight is 255 g/mol. The van der Waals surface area contributed by atoms with Crippen LogP contribution in [0, 0.1) is 0 Å². The molecule has 0 amide bonds. The van der Waals surface area contributed by atoms with Crippen molar-refractivity contribution in [1.82, 2.24) is 10.3 Å². The first-order valence-corrected chi connectivity index (χ1v) is 6.71. The fourth-order valence-corrected chi connectivity index (χ4v) is 1.99. The predicted octanol–water partition coefficient (Wildman–Crippen LogP) is 2.83. The summed E-state index contributed by atoms with van der Waals surface area (Å²) in [5.74, 6) is 0. The molecule has 100 valence electrons. The minimum atomic E-state index is 0.823. The lowest BCUT2D eigenvalue weighted by molar-refractivity contribution is 0.704. The number of hydrogen-bond donors (Lipinski definition) is 1. The van der Waals surface area contributed by atoms with Gasteiger partial charge in [0.15, 0.2) is 0 Å². The van der Waals surface area contributed by atoms with Crippen molar-refractivity contribution in [2.75, 3.05) is 18.5 Å². The number of anilines is 1. The first-order chi connectivity index (χ1) is 9.29. The van der Waals surface area contributed by atoms with Crippen LogP contribution < -0.4 is 10.2 Å². The summed E-state index contributed by atoms with van der Waals surface area (Å²) in [5, 5.41) is 3.30. The van der Waals surface area contributed by atoms with Gasteiger partial charge >= 0.3 is 0 Å². The van der Waals surface area contributed by atoms with Gasteiger partial charge in [0.25, 0.3) is 0 Å². The third-order valence-electron chi connectivity index (χ3n) is 3.02. The molecular weight excluding hydrogens is 234 g/mol. The van der Waals surface area contributed by atoms with Crippen LogP contribution in [0.15, 0.2) is 48.5 Å². The zero-order valence-electron chi connectivity index (χ0n) is 11.6. The molecule has 2 rings (SSSR count). The molecule has 0 fully saturated rings.